The van der Waals surface area contributed by atoms with E-state index in [1.54, 1.807) is 56.5 Å². The molecule has 8 heteroatoms. The van der Waals surface area contributed by atoms with Crippen molar-refractivity contribution in [1.29, 1.82) is 0 Å². The molecule has 0 bridgehead atoms. The molecular formula is C21H24N2O4S2. The first-order chi connectivity index (χ1) is 13.9. The Morgan fingerprint density at radius 3 is 2.55 bits per heavy atom. The summed E-state index contributed by atoms with van der Waals surface area (Å²) in [6.45, 7) is 4.41. The third-order valence-corrected chi connectivity index (χ3v) is 7.46. The van der Waals surface area contributed by atoms with E-state index in [1.165, 1.54) is 15.6 Å². The van der Waals surface area contributed by atoms with Crippen LogP contribution in [0.3, 0.4) is 0 Å². The van der Waals surface area contributed by atoms with Gasteiger partial charge in [0, 0.05) is 24.4 Å². The molecule has 0 saturated carbocycles. The van der Waals surface area contributed by atoms with Gasteiger partial charge in [0.1, 0.15) is 0 Å². The van der Waals surface area contributed by atoms with Gasteiger partial charge in [0.2, 0.25) is 0 Å². The molecule has 1 atom stereocenters. The lowest BCUT2D eigenvalue weighted by molar-refractivity contribution is 0.0909. The number of thiophene rings is 1. The minimum absolute atomic E-state index is 0.0973. The average molecular weight is 433 g/mol. The number of fused-ring (bicyclic) bond motifs is 1. The smallest absolute Gasteiger partial charge is 0.264 e. The molecule has 0 saturated heterocycles. The SMILES string of the molecule is CCN(c1ccc2sc(C(=O)N[C@@H](C)COC)cc2c1)S(=O)(=O)c1ccccc1. The van der Waals surface area contributed by atoms with E-state index in [2.05, 4.69) is 5.32 Å². The number of sulfonamides is 1. The maximum absolute atomic E-state index is 13.0. The molecule has 0 aliphatic carbocycles. The third kappa shape index (κ3) is 4.60. The van der Waals surface area contributed by atoms with Crippen LogP contribution in [-0.2, 0) is 14.8 Å². The molecular weight excluding hydrogens is 408 g/mol. The Balaban J connectivity index is 1.91. The van der Waals surface area contributed by atoms with Crippen LogP contribution in [0, 0.1) is 0 Å². The Labute approximate surface area is 175 Å². The van der Waals surface area contributed by atoms with Gasteiger partial charge in [0.25, 0.3) is 15.9 Å². The van der Waals surface area contributed by atoms with Gasteiger partial charge in [0.05, 0.1) is 22.1 Å². The summed E-state index contributed by atoms with van der Waals surface area (Å²) in [5.74, 6) is -0.165. The lowest BCUT2D eigenvalue weighted by Gasteiger charge is -2.23. The Kier molecular flexibility index (Phi) is 6.56. The molecule has 0 unspecified atom stereocenters. The van der Waals surface area contributed by atoms with Gasteiger partial charge >= 0.3 is 0 Å². The quantitative estimate of drug-likeness (QED) is 0.586. The van der Waals surface area contributed by atoms with Crippen LogP contribution in [-0.4, -0.2) is 40.6 Å². The summed E-state index contributed by atoms with van der Waals surface area (Å²) in [7, 11) is -2.07. The van der Waals surface area contributed by atoms with Crippen LogP contribution < -0.4 is 9.62 Å². The van der Waals surface area contributed by atoms with Gasteiger partial charge < -0.3 is 10.1 Å². The molecule has 0 aliphatic heterocycles. The molecule has 6 nitrogen and oxygen atoms in total. The highest BCUT2D eigenvalue weighted by atomic mass is 32.2. The molecule has 1 amide bonds. The Morgan fingerprint density at radius 2 is 1.90 bits per heavy atom. The van der Waals surface area contributed by atoms with Crippen LogP contribution >= 0.6 is 11.3 Å². The zero-order chi connectivity index (χ0) is 21.0. The number of ether oxygens (including phenoxy) is 1. The molecule has 0 aliphatic rings. The number of hydrogen-bond donors (Lipinski definition) is 1. The molecule has 1 aromatic heterocycles. The van der Waals surface area contributed by atoms with Crippen LogP contribution in [0.15, 0.2) is 59.5 Å². The van der Waals surface area contributed by atoms with E-state index in [4.69, 9.17) is 4.74 Å². The predicted molar refractivity (Wildman–Crippen MR) is 117 cm³/mol. The van der Waals surface area contributed by atoms with Crippen molar-refractivity contribution in [2.45, 2.75) is 24.8 Å². The van der Waals surface area contributed by atoms with Gasteiger partial charge in [-0.1, -0.05) is 18.2 Å². The summed E-state index contributed by atoms with van der Waals surface area (Å²) in [6.07, 6.45) is 0. The number of benzene rings is 2. The summed E-state index contributed by atoms with van der Waals surface area (Å²) < 4.78 is 33.4. The average Bonchev–Trinajstić information content (AvgIpc) is 3.13. The standard InChI is InChI=1S/C21H24N2O4S2/c1-4-23(29(25,26)18-8-6-5-7-9-18)17-10-11-19-16(12-17)13-20(28-19)21(24)22-15(2)14-27-3/h5-13,15H,4,14H2,1-3H3,(H,22,24)/t15-/m0/s1. The van der Waals surface area contributed by atoms with Gasteiger partial charge in [-0.3, -0.25) is 9.10 Å². The van der Waals surface area contributed by atoms with Crippen molar-refractivity contribution >= 4 is 43.0 Å². The second-order valence-electron chi connectivity index (χ2n) is 6.65. The van der Waals surface area contributed by atoms with Gasteiger partial charge in [-0.15, -0.1) is 11.3 Å². The van der Waals surface area contributed by atoms with E-state index in [0.29, 0.717) is 23.7 Å². The van der Waals surface area contributed by atoms with Gasteiger partial charge in [-0.25, -0.2) is 8.42 Å². The second-order valence-corrected chi connectivity index (χ2v) is 9.59. The molecule has 3 rings (SSSR count). The molecule has 1 heterocycles. The monoisotopic (exact) mass is 432 g/mol. The third-order valence-electron chi connectivity index (χ3n) is 4.42. The maximum atomic E-state index is 13.0. The number of hydrogen-bond acceptors (Lipinski definition) is 5. The molecule has 0 radical (unpaired) electrons. The van der Waals surface area contributed by atoms with Gasteiger partial charge in [-0.2, -0.15) is 0 Å². The van der Waals surface area contributed by atoms with Gasteiger partial charge in [0.15, 0.2) is 0 Å². The molecule has 0 spiro atoms. The summed E-state index contributed by atoms with van der Waals surface area (Å²) in [5, 5.41) is 3.72. The fraction of sp³-hybridized carbons (Fsp3) is 0.286. The number of methoxy groups -OCH3 is 1. The van der Waals surface area contributed by atoms with Crippen LogP contribution in [0.2, 0.25) is 0 Å². The van der Waals surface area contributed by atoms with Crippen LogP contribution in [0.1, 0.15) is 23.5 Å². The maximum Gasteiger partial charge on any atom is 0.264 e. The minimum Gasteiger partial charge on any atom is -0.383 e. The number of nitrogens with zero attached hydrogens (tertiary/aromatic N) is 1. The van der Waals surface area contributed by atoms with Crippen molar-refractivity contribution in [3.05, 3.63) is 59.5 Å². The Morgan fingerprint density at radius 1 is 1.17 bits per heavy atom. The van der Waals surface area contributed by atoms with Crippen molar-refractivity contribution < 1.29 is 17.9 Å². The summed E-state index contributed by atoms with van der Waals surface area (Å²) in [4.78, 5) is 13.3. The number of rotatable bonds is 8. The predicted octanol–water partition coefficient (Wildman–Crippen LogP) is 3.88. The molecule has 2 aromatic carbocycles. The van der Waals surface area contributed by atoms with Crippen molar-refractivity contribution in [1.82, 2.24) is 5.32 Å². The number of amides is 1. The second kappa shape index (κ2) is 8.94. The van der Waals surface area contributed by atoms with E-state index in [-0.39, 0.29) is 16.8 Å². The fourth-order valence-corrected chi connectivity index (χ4v) is 5.53. The normalized spacial score (nSPS) is 12.7. The van der Waals surface area contributed by atoms with Crippen LogP contribution in [0.4, 0.5) is 5.69 Å². The minimum atomic E-state index is -3.66. The molecule has 154 valence electrons. The van der Waals surface area contributed by atoms with E-state index in [9.17, 15) is 13.2 Å². The van der Waals surface area contributed by atoms with Crippen molar-refractivity contribution in [3.63, 3.8) is 0 Å². The lowest BCUT2D eigenvalue weighted by Crippen LogP contribution is -2.35. The number of carbonyl (C=O) groups is 1. The largest absolute Gasteiger partial charge is 0.383 e. The fourth-order valence-electron chi connectivity index (χ4n) is 3.10. The van der Waals surface area contributed by atoms with Crippen molar-refractivity contribution in [3.8, 4) is 0 Å². The van der Waals surface area contributed by atoms with E-state index in [1.807, 2.05) is 19.1 Å². The van der Waals surface area contributed by atoms with Crippen molar-refractivity contribution in [2.75, 3.05) is 24.6 Å². The molecule has 1 N–H and O–H groups in total. The molecule has 29 heavy (non-hydrogen) atoms. The summed E-state index contributed by atoms with van der Waals surface area (Å²) >= 11 is 1.38. The highest BCUT2D eigenvalue weighted by Gasteiger charge is 2.24. The van der Waals surface area contributed by atoms with E-state index in [0.717, 1.165) is 10.1 Å². The Bertz CT molecular complexity index is 1090. The van der Waals surface area contributed by atoms with E-state index < -0.39 is 10.0 Å². The summed E-state index contributed by atoms with van der Waals surface area (Å²) in [6, 6.07) is 15.5. The summed E-state index contributed by atoms with van der Waals surface area (Å²) in [5.41, 5.74) is 0.571. The number of carbonyl (C=O) groups excluding carboxylic acids is 1. The topological polar surface area (TPSA) is 75.7 Å². The Hall–Kier alpha value is -2.42. The molecule has 3 aromatic rings. The zero-order valence-corrected chi connectivity index (χ0v) is 18.2. The number of anilines is 1. The van der Waals surface area contributed by atoms with Crippen LogP contribution in [0.25, 0.3) is 10.1 Å². The van der Waals surface area contributed by atoms with Crippen molar-refractivity contribution in [2.24, 2.45) is 0 Å². The van der Waals surface area contributed by atoms with Crippen LogP contribution in [0.5, 0.6) is 0 Å². The van der Waals surface area contributed by atoms with Gasteiger partial charge in [-0.05, 0) is 55.6 Å². The highest BCUT2D eigenvalue weighted by molar-refractivity contribution is 7.92. The first-order valence-electron chi connectivity index (χ1n) is 9.28. The zero-order valence-electron chi connectivity index (χ0n) is 16.6. The first-order valence-corrected chi connectivity index (χ1v) is 11.5. The number of nitrogens with one attached hydrogen (secondary N) is 1. The van der Waals surface area contributed by atoms with E-state index >= 15 is 0 Å². The lowest BCUT2D eigenvalue weighted by atomic mass is 10.2. The highest BCUT2D eigenvalue weighted by Crippen LogP contribution is 2.31. The molecule has 0 fully saturated rings. The first kappa shape index (κ1) is 21.3.